The molecule has 0 spiro atoms. The summed E-state index contributed by atoms with van der Waals surface area (Å²) < 4.78 is 22.2. The summed E-state index contributed by atoms with van der Waals surface area (Å²) in [6, 6.07) is 5.61. The first kappa shape index (κ1) is 41.5. The lowest BCUT2D eigenvalue weighted by Crippen LogP contribution is -2.73. The number of carbonyl (C=O) groups excluding carboxylic acids is 5. The number of nitrogens with one attached hydrogen (secondary N) is 2. The van der Waals surface area contributed by atoms with E-state index in [0.717, 1.165) is 19.3 Å². The normalized spacial score (nSPS) is 28.9. The van der Waals surface area contributed by atoms with Gasteiger partial charge in [-0.2, -0.15) is 0 Å². The van der Waals surface area contributed by atoms with Crippen LogP contribution in [0.3, 0.4) is 0 Å². The number of fused-ring (bicyclic) bond motifs is 5. The lowest BCUT2D eigenvalue weighted by molar-refractivity contribution is -0.236. The van der Waals surface area contributed by atoms with Crippen LogP contribution in [0.15, 0.2) is 48.4 Å². The van der Waals surface area contributed by atoms with Crippen molar-refractivity contribution in [2.24, 2.45) is 0 Å². The number of aliphatic hydroxyl groups excluding tert-OH is 2. The van der Waals surface area contributed by atoms with Gasteiger partial charge in [-0.15, -0.1) is 12.4 Å². The molecule has 2 heterocycles. The van der Waals surface area contributed by atoms with Gasteiger partial charge in [-0.1, -0.05) is 12.1 Å². The molecule has 0 radical (unpaired) electrons. The summed E-state index contributed by atoms with van der Waals surface area (Å²) in [6.07, 6.45) is -3.53. The molecule has 3 aliphatic carbocycles. The Morgan fingerprint density at radius 3 is 2.33 bits per heavy atom. The number of carbonyl (C=O) groups is 5. The molecule has 1 aromatic heterocycles. The van der Waals surface area contributed by atoms with Crippen LogP contribution in [0.25, 0.3) is 0 Å². The fraction of sp³-hybridized carbons (Fsp3) is 0.385. The van der Waals surface area contributed by atoms with E-state index in [1.807, 2.05) is 0 Å². The molecule has 3 aromatic rings. The molecule has 7 rings (SSSR count). The number of aliphatic hydroxyl groups is 3. The number of ketones is 4. The van der Waals surface area contributed by atoms with E-state index in [1.165, 1.54) is 33.4 Å². The van der Waals surface area contributed by atoms with E-state index >= 15 is 0 Å². The SMILES string of the molecule is CO[C@@H]1[C@@H](O)[C@@H](OC)C(NC2=CC(=O)c3c(cc4c(c3O)C(=O)C3(OC)C(O)Cc5cc(C)c(C(=O)NCc6cccnc6)c(O)c5C3(O)C4=O)C2=O)O[C@H]1C.Cl. The van der Waals surface area contributed by atoms with Crippen molar-refractivity contribution >= 4 is 41.4 Å². The van der Waals surface area contributed by atoms with Crippen LogP contribution in [0.1, 0.15) is 81.0 Å². The zero-order chi connectivity index (χ0) is 40.6. The van der Waals surface area contributed by atoms with Crippen LogP contribution in [0, 0.1) is 6.92 Å². The minimum absolute atomic E-state index is 0. The average Bonchev–Trinajstić information content (AvgIpc) is 3.15. The summed E-state index contributed by atoms with van der Waals surface area (Å²) in [6.45, 7) is 3.10. The zero-order valence-corrected chi connectivity index (χ0v) is 32.0. The molecule has 0 bridgehead atoms. The fourth-order valence-electron chi connectivity index (χ4n) is 8.55. The number of aromatic nitrogens is 1. The number of hydrogen-bond donors (Lipinski definition) is 7. The maximum atomic E-state index is 14.8. The molecule has 1 saturated heterocycles. The van der Waals surface area contributed by atoms with Crippen molar-refractivity contribution in [3.05, 3.63) is 98.5 Å². The molecule has 1 aliphatic heterocycles. The summed E-state index contributed by atoms with van der Waals surface area (Å²) >= 11 is 0. The number of phenolic OH excluding ortho intramolecular Hbond substituents is 2. The lowest BCUT2D eigenvalue weighted by Gasteiger charge is -2.53. The first-order valence-electron chi connectivity index (χ1n) is 17.5. The number of ether oxygens (including phenoxy) is 4. The van der Waals surface area contributed by atoms with Crippen molar-refractivity contribution in [1.82, 2.24) is 15.6 Å². The number of halogens is 1. The number of nitrogens with zero attached hydrogens (tertiary/aromatic N) is 1. The van der Waals surface area contributed by atoms with Crippen LogP contribution < -0.4 is 10.6 Å². The Morgan fingerprint density at radius 1 is 1.00 bits per heavy atom. The topological polar surface area (TPSA) is 260 Å². The van der Waals surface area contributed by atoms with Gasteiger partial charge in [0, 0.05) is 69.5 Å². The molecule has 18 heteroatoms. The van der Waals surface area contributed by atoms with Crippen molar-refractivity contribution < 1.29 is 68.5 Å². The highest BCUT2D eigenvalue weighted by Gasteiger charge is 2.72. The molecule has 302 valence electrons. The van der Waals surface area contributed by atoms with Crippen molar-refractivity contribution in [2.75, 3.05) is 21.3 Å². The maximum Gasteiger partial charge on any atom is 0.255 e. The van der Waals surface area contributed by atoms with Crippen LogP contribution in [0.2, 0.25) is 0 Å². The molecule has 7 N–H and O–H groups in total. The highest BCUT2D eigenvalue weighted by molar-refractivity contribution is 6.31. The molecule has 2 aromatic carbocycles. The quantitative estimate of drug-likeness (QED) is 0.165. The number of phenols is 2. The predicted molar refractivity (Wildman–Crippen MR) is 197 cm³/mol. The summed E-state index contributed by atoms with van der Waals surface area (Å²) in [7, 11) is 3.60. The number of allylic oxidation sites excluding steroid dienone is 2. The number of Topliss-reactive ketones (excluding diaryl/α,β-unsaturated/α-hetero) is 3. The molecule has 4 aliphatic rings. The van der Waals surface area contributed by atoms with Gasteiger partial charge in [0.15, 0.2) is 23.2 Å². The number of pyridine rings is 1. The van der Waals surface area contributed by atoms with Crippen LogP contribution in [0.4, 0.5) is 0 Å². The third kappa shape index (κ3) is 5.88. The van der Waals surface area contributed by atoms with E-state index in [1.54, 1.807) is 25.3 Å². The van der Waals surface area contributed by atoms with Crippen molar-refractivity contribution in [1.29, 1.82) is 0 Å². The van der Waals surface area contributed by atoms with E-state index in [9.17, 15) is 49.5 Å². The standard InChI is InChI=1S/C39H39N3O14.ClH/c1-15-9-18-10-23(44)39(55-5)35(50)26-20(34(49)38(39,52)27(18)30(47)24(15)36(51)41-14-17-7-6-8-40-13-17)11-19-25(29(26)46)22(43)12-21(28(19)45)42-37-33(54-4)31(48)32(53-3)16(2)56-37;/h6-9,11-13,16,23,31-33,37,42,44,46-48,52H,10,14H2,1-5H3,(H,41,51);1H/t16-,23?,31+,32-,33+,37?,38?,39?;/m0./s1. The molecule has 57 heavy (non-hydrogen) atoms. The number of amides is 1. The van der Waals surface area contributed by atoms with Crippen LogP contribution in [-0.4, -0.2) is 123 Å². The van der Waals surface area contributed by atoms with E-state index in [2.05, 4.69) is 15.6 Å². The summed E-state index contributed by atoms with van der Waals surface area (Å²) in [5.74, 6) is -7.40. The second-order valence-electron chi connectivity index (χ2n) is 14.1. The van der Waals surface area contributed by atoms with Crippen LogP contribution in [0.5, 0.6) is 11.5 Å². The highest BCUT2D eigenvalue weighted by Crippen LogP contribution is 2.56. The smallest absolute Gasteiger partial charge is 0.255 e. The van der Waals surface area contributed by atoms with Crippen LogP contribution >= 0.6 is 12.4 Å². The number of aryl methyl sites for hydroxylation is 1. The van der Waals surface area contributed by atoms with Crippen molar-refractivity contribution in [3.63, 3.8) is 0 Å². The fourth-order valence-corrected chi connectivity index (χ4v) is 8.55. The van der Waals surface area contributed by atoms with Gasteiger partial charge in [-0.05, 0) is 42.7 Å². The van der Waals surface area contributed by atoms with Gasteiger partial charge in [0.2, 0.25) is 17.3 Å². The third-order valence-corrected chi connectivity index (χ3v) is 11.2. The molecule has 1 fully saturated rings. The summed E-state index contributed by atoms with van der Waals surface area (Å²) in [4.78, 5) is 74.7. The Morgan fingerprint density at radius 2 is 1.70 bits per heavy atom. The van der Waals surface area contributed by atoms with Crippen LogP contribution in [-0.2, 0) is 37.5 Å². The van der Waals surface area contributed by atoms with Gasteiger partial charge in [0.1, 0.15) is 29.8 Å². The van der Waals surface area contributed by atoms with Gasteiger partial charge >= 0.3 is 0 Å². The summed E-state index contributed by atoms with van der Waals surface area (Å²) in [5.41, 5.74) is -9.38. The van der Waals surface area contributed by atoms with Crippen molar-refractivity contribution in [3.8, 4) is 11.5 Å². The van der Waals surface area contributed by atoms with Gasteiger partial charge in [0.25, 0.3) is 5.91 Å². The lowest BCUT2D eigenvalue weighted by atomic mass is 9.56. The first-order chi connectivity index (χ1) is 26.6. The second-order valence-corrected chi connectivity index (χ2v) is 14.1. The number of methoxy groups -OCH3 is 3. The van der Waals surface area contributed by atoms with E-state index in [0.29, 0.717) is 5.56 Å². The van der Waals surface area contributed by atoms with Gasteiger partial charge < -0.3 is 55.1 Å². The summed E-state index contributed by atoms with van der Waals surface area (Å²) in [5, 5.41) is 63.9. The van der Waals surface area contributed by atoms with Gasteiger partial charge in [-0.25, -0.2) is 0 Å². The minimum atomic E-state index is -3.25. The molecule has 0 saturated carbocycles. The Hall–Kier alpha value is -5.11. The number of rotatable bonds is 8. The number of hydrogen-bond acceptors (Lipinski definition) is 16. The molecule has 1 amide bonds. The maximum absolute atomic E-state index is 14.8. The Bertz CT molecular complexity index is 2250. The predicted octanol–water partition coefficient (Wildman–Crippen LogP) is 0.710. The molecule has 4 unspecified atom stereocenters. The first-order valence-corrected chi connectivity index (χ1v) is 17.5. The Balaban J connectivity index is 0.00000549. The van der Waals surface area contributed by atoms with E-state index in [-0.39, 0.29) is 41.3 Å². The molecular weight excluding hydrogens is 770 g/mol. The number of aromatic hydroxyl groups is 2. The zero-order valence-electron chi connectivity index (χ0n) is 31.2. The average molecular weight is 810 g/mol. The highest BCUT2D eigenvalue weighted by atomic mass is 35.5. The number of benzene rings is 2. The van der Waals surface area contributed by atoms with Gasteiger partial charge in [-0.3, -0.25) is 29.0 Å². The van der Waals surface area contributed by atoms with Crippen molar-refractivity contribution in [2.45, 2.75) is 74.8 Å². The van der Waals surface area contributed by atoms with Gasteiger partial charge in [0.05, 0.1) is 34.6 Å². The van der Waals surface area contributed by atoms with E-state index < -0.39 is 123 Å². The van der Waals surface area contributed by atoms with E-state index in [4.69, 9.17) is 18.9 Å². The Labute approximate surface area is 331 Å². The largest absolute Gasteiger partial charge is 0.507 e. The third-order valence-electron chi connectivity index (χ3n) is 11.2. The molecule has 17 nitrogen and oxygen atoms in total. The second kappa shape index (κ2) is 15.0. The minimum Gasteiger partial charge on any atom is -0.507 e. The monoisotopic (exact) mass is 809 g/mol. The molecular formula is C39H40ClN3O14. The molecule has 8 atom stereocenters. The Kier molecular flexibility index (Phi) is 10.9.